The first-order valence-electron chi connectivity index (χ1n) is 5.39. The van der Waals surface area contributed by atoms with E-state index in [9.17, 15) is 0 Å². The lowest BCUT2D eigenvalue weighted by atomic mass is 10.2. The maximum atomic E-state index is 3.61. The van der Waals surface area contributed by atoms with Crippen molar-refractivity contribution in [2.75, 3.05) is 0 Å². The molecule has 0 amide bonds. The Bertz CT molecular complexity index is 534. The molecule has 0 aliphatic carbocycles. The number of allylic oxidation sites excluding steroid dienone is 5. The Morgan fingerprint density at radius 3 is 2.59 bits per heavy atom. The molecule has 1 rings (SSSR count). The highest BCUT2D eigenvalue weighted by Crippen LogP contribution is 1.95. The molecule has 0 aliphatic rings. The second-order valence-corrected chi connectivity index (χ2v) is 3.20. The molecule has 0 saturated heterocycles. The first-order valence-corrected chi connectivity index (χ1v) is 5.39. The van der Waals surface area contributed by atoms with Crippen molar-refractivity contribution in [3.8, 4) is 23.7 Å². The summed E-state index contributed by atoms with van der Waals surface area (Å²) in [5.41, 5.74) is 1.91. The van der Waals surface area contributed by atoms with Crippen LogP contribution in [-0.4, -0.2) is 0 Å². The largest absolute Gasteiger partial charge is 0.0991 e. The lowest BCUT2D eigenvalue weighted by Crippen LogP contribution is -1.71. The van der Waals surface area contributed by atoms with E-state index < -0.39 is 0 Å². The van der Waals surface area contributed by atoms with E-state index in [1.54, 1.807) is 6.08 Å². The van der Waals surface area contributed by atoms with E-state index in [4.69, 9.17) is 0 Å². The number of hydrogen-bond acceptors (Lipinski definition) is 0. The van der Waals surface area contributed by atoms with E-state index in [1.165, 1.54) is 0 Å². The fourth-order valence-electron chi connectivity index (χ4n) is 1.11. The van der Waals surface area contributed by atoms with Gasteiger partial charge in [-0.1, -0.05) is 54.8 Å². The predicted molar refractivity (Wildman–Crippen MR) is 74.2 cm³/mol. The van der Waals surface area contributed by atoms with Crippen LogP contribution in [0, 0.1) is 23.7 Å². The molecule has 0 radical (unpaired) electrons. The first kappa shape index (κ1) is 12.6. The second-order valence-electron chi connectivity index (χ2n) is 3.20. The molecule has 17 heavy (non-hydrogen) atoms. The Hall–Kier alpha value is -2.44. The third-order valence-corrected chi connectivity index (χ3v) is 1.97. The van der Waals surface area contributed by atoms with Crippen molar-refractivity contribution in [2.24, 2.45) is 0 Å². The summed E-state index contributed by atoms with van der Waals surface area (Å²) >= 11 is 0. The SMILES string of the molecule is C=C/C=C\C(C#CC#Cc1ccccc1)=C/C. The minimum atomic E-state index is 0.937. The summed E-state index contributed by atoms with van der Waals surface area (Å²) in [5.74, 6) is 11.6. The zero-order valence-corrected chi connectivity index (χ0v) is 9.90. The Kier molecular flexibility index (Phi) is 5.79. The predicted octanol–water partition coefficient (Wildman–Crippen LogP) is 3.73. The smallest absolute Gasteiger partial charge is 0.0255 e. The van der Waals surface area contributed by atoms with E-state index in [2.05, 4.69) is 30.3 Å². The molecule has 0 N–H and O–H groups in total. The van der Waals surface area contributed by atoms with Gasteiger partial charge >= 0.3 is 0 Å². The van der Waals surface area contributed by atoms with Gasteiger partial charge in [-0.25, -0.2) is 0 Å². The van der Waals surface area contributed by atoms with Gasteiger partial charge in [0, 0.05) is 11.1 Å². The van der Waals surface area contributed by atoms with Gasteiger partial charge in [0.2, 0.25) is 0 Å². The number of rotatable bonds is 2. The van der Waals surface area contributed by atoms with Gasteiger partial charge in [-0.05, 0) is 37.0 Å². The van der Waals surface area contributed by atoms with Crippen LogP contribution in [0.25, 0.3) is 0 Å². The standard InChI is InChI=1S/C17H14/c1-3-5-11-16(4-2)12-9-10-15-17-13-7-6-8-14-17/h3-8,11,13-14H,1H2,2H3/b11-5-,16-4+. The van der Waals surface area contributed by atoms with Crippen LogP contribution < -0.4 is 0 Å². The molecule has 0 saturated carbocycles. The molecule has 0 heterocycles. The molecule has 0 aliphatic heterocycles. The molecule has 1 aromatic rings. The summed E-state index contributed by atoms with van der Waals surface area (Å²) in [6.07, 6.45) is 7.43. The Balaban J connectivity index is 2.71. The maximum Gasteiger partial charge on any atom is 0.0255 e. The molecule has 0 spiro atoms. The molecule has 0 atom stereocenters. The first-order chi connectivity index (χ1) is 8.36. The molecule has 0 heteroatoms. The molecular formula is C17H14. The van der Waals surface area contributed by atoms with E-state index in [0.29, 0.717) is 0 Å². The zero-order chi connectivity index (χ0) is 12.3. The highest BCUT2D eigenvalue weighted by Gasteiger charge is 1.80. The van der Waals surface area contributed by atoms with Gasteiger partial charge in [-0.3, -0.25) is 0 Å². The molecule has 0 bridgehead atoms. The van der Waals surface area contributed by atoms with Crippen LogP contribution in [0.5, 0.6) is 0 Å². The third-order valence-electron chi connectivity index (χ3n) is 1.97. The molecule has 0 aromatic heterocycles. The average Bonchev–Trinajstić information content (AvgIpc) is 2.39. The van der Waals surface area contributed by atoms with Gasteiger partial charge in [0.1, 0.15) is 0 Å². The van der Waals surface area contributed by atoms with Crippen LogP contribution in [0.2, 0.25) is 0 Å². The van der Waals surface area contributed by atoms with Crippen molar-refractivity contribution < 1.29 is 0 Å². The molecular weight excluding hydrogens is 204 g/mol. The van der Waals surface area contributed by atoms with Gasteiger partial charge in [0.25, 0.3) is 0 Å². The van der Waals surface area contributed by atoms with Gasteiger partial charge < -0.3 is 0 Å². The van der Waals surface area contributed by atoms with Gasteiger partial charge in [-0.2, -0.15) is 0 Å². The van der Waals surface area contributed by atoms with Crippen molar-refractivity contribution in [3.05, 3.63) is 72.4 Å². The molecule has 82 valence electrons. The van der Waals surface area contributed by atoms with Crippen LogP contribution in [0.4, 0.5) is 0 Å². The average molecular weight is 218 g/mol. The molecule has 0 unspecified atom stereocenters. The van der Waals surface area contributed by atoms with Crippen molar-refractivity contribution in [1.82, 2.24) is 0 Å². The molecule has 1 aromatic carbocycles. The van der Waals surface area contributed by atoms with Crippen molar-refractivity contribution in [2.45, 2.75) is 6.92 Å². The number of hydrogen-bond donors (Lipinski definition) is 0. The number of benzene rings is 1. The summed E-state index contributed by atoms with van der Waals surface area (Å²) in [6, 6.07) is 9.81. The highest BCUT2D eigenvalue weighted by atomic mass is 13.8. The van der Waals surface area contributed by atoms with Crippen LogP contribution in [-0.2, 0) is 0 Å². The quantitative estimate of drug-likeness (QED) is 0.524. The summed E-state index contributed by atoms with van der Waals surface area (Å²) in [6.45, 7) is 5.56. The summed E-state index contributed by atoms with van der Waals surface area (Å²) in [5, 5.41) is 0. The minimum Gasteiger partial charge on any atom is -0.0991 e. The van der Waals surface area contributed by atoms with Crippen LogP contribution in [0.1, 0.15) is 12.5 Å². The summed E-state index contributed by atoms with van der Waals surface area (Å²) in [4.78, 5) is 0. The Labute approximate surface area is 103 Å². The van der Waals surface area contributed by atoms with Gasteiger partial charge in [0.05, 0.1) is 0 Å². The lowest BCUT2D eigenvalue weighted by molar-refractivity contribution is 1.64. The molecule has 0 fully saturated rings. The van der Waals surface area contributed by atoms with Crippen molar-refractivity contribution >= 4 is 0 Å². The monoisotopic (exact) mass is 218 g/mol. The normalized spacial score (nSPS) is 10.1. The van der Waals surface area contributed by atoms with E-state index >= 15 is 0 Å². The summed E-state index contributed by atoms with van der Waals surface area (Å²) in [7, 11) is 0. The highest BCUT2D eigenvalue weighted by molar-refractivity contribution is 5.46. The lowest BCUT2D eigenvalue weighted by Gasteiger charge is -1.84. The minimum absolute atomic E-state index is 0.937. The third kappa shape index (κ3) is 5.26. The van der Waals surface area contributed by atoms with Crippen LogP contribution in [0.15, 0.2) is 66.8 Å². The zero-order valence-electron chi connectivity index (χ0n) is 9.90. The van der Waals surface area contributed by atoms with Gasteiger partial charge in [-0.15, -0.1) is 0 Å². The van der Waals surface area contributed by atoms with E-state index in [0.717, 1.165) is 11.1 Å². The van der Waals surface area contributed by atoms with Crippen molar-refractivity contribution in [1.29, 1.82) is 0 Å². The van der Waals surface area contributed by atoms with E-state index in [1.807, 2.05) is 55.5 Å². The van der Waals surface area contributed by atoms with Crippen LogP contribution in [0.3, 0.4) is 0 Å². The molecule has 0 nitrogen and oxygen atoms in total. The fourth-order valence-corrected chi connectivity index (χ4v) is 1.11. The maximum absolute atomic E-state index is 3.61. The van der Waals surface area contributed by atoms with Crippen molar-refractivity contribution in [3.63, 3.8) is 0 Å². The van der Waals surface area contributed by atoms with E-state index in [-0.39, 0.29) is 0 Å². The fraction of sp³-hybridized carbons (Fsp3) is 0.0588. The Morgan fingerprint density at radius 2 is 1.94 bits per heavy atom. The second kappa shape index (κ2) is 7.80. The topological polar surface area (TPSA) is 0 Å². The van der Waals surface area contributed by atoms with Crippen LogP contribution >= 0.6 is 0 Å². The Morgan fingerprint density at radius 1 is 1.18 bits per heavy atom. The van der Waals surface area contributed by atoms with Gasteiger partial charge in [0.15, 0.2) is 0 Å². The summed E-state index contributed by atoms with van der Waals surface area (Å²) < 4.78 is 0.